The molecule has 0 saturated carbocycles. The number of benzene rings is 1. The number of imidazole rings is 1. The Hall–Kier alpha value is -4.08. The van der Waals surface area contributed by atoms with Crippen molar-refractivity contribution in [3.63, 3.8) is 0 Å². The number of nitrogens with one attached hydrogen (secondary N) is 2. The fraction of sp³-hybridized carbons (Fsp3) is 0.467. The molecule has 1 saturated heterocycles. The van der Waals surface area contributed by atoms with E-state index in [4.69, 9.17) is 9.97 Å². The Bertz CT molecular complexity index is 1610. The standard InChI is InChI=1S/C30H36N6O4/c1-15-16(2)31-28-33-23(24(35(28)17(15)3)34-30(7,8)14-29(4,5)6)18-9-10-19-20(13-18)27(40)36(26(19)39)21-11-12-22(37)32-25(21)38/h9-10,13,21,34H,11-12,14H2,1-8H3,(H,32,37,38). The fourth-order valence-corrected chi connectivity index (χ4v) is 6.09. The van der Waals surface area contributed by atoms with Gasteiger partial charge in [0.25, 0.3) is 11.8 Å². The Morgan fingerprint density at radius 2 is 1.65 bits per heavy atom. The topological polar surface area (TPSA) is 126 Å². The Morgan fingerprint density at radius 3 is 2.30 bits per heavy atom. The summed E-state index contributed by atoms with van der Waals surface area (Å²) < 4.78 is 2.01. The molecule has 1 fully saturated rings. The highest BCUT2D eigenvalue weighted by Gasteiger charge is 2.45. The fourth-order valence-electron chi connectivity index (χ4n) is 6.09. The molecule has 3 aromatic rings. The molecule has 5 rings (SSSR count). The molecule has 0 spiro atoms. The smallest absolute Gasteiger partial charge is 0.262 e. The van der Waals surface area contributed by atoms with Crippen LogP contribution in [0.25, 0.3) is 17.0 Å². The summed E-state index contributed by atoms with van der Waals surface area (Å²) in [5, 5.41) is 5.96. The van der Waals surface area contributed by atoms with Crippen LogP contribution in [0.4, 0.5) is 5.82 Å². The molecule has 210 valence electrons. The molecule has 4 amide bonds. The van der Waals surface area contributed by atoms with Gasteiger partial charge in [0.2, 0.25) is 17.6 Å². The maximum Gasteiger partial charge on any atom is 0.262 e. The summed E-state index contributed by atoms with van der Waals surface area (Å²) in [4.78, 5) is 61.4. The molecule has 1 atom stereocenters. The Morgan fingerprint density at radius 1 is 0.975 bits per heavy atom. The van der Waals surface area contributed by atoms with Gasteiger partial charge in [-0.1, -0.05) is 26.8 Å². The number of hydrogen-bond acceptors (Lipinski definition) is 7. The van der Waals surface area contributed by atoms with Crippen molar-refractivity contribution in [2.45, 2.75) is 86.2 Å². The molecule has 2 aromatic heterocycles. The summed E-state index contributed by atoms with van der Waals surface area (Å²) in [5.74, 6) is -0.830. The molecule has 40 heavy (non-hydrogen) atoms. The zero-order chi connectivity index (χ0) is 29.3. The van der Waals surface area contributed by atoms with Crippen LogP contribution >= 0.6 is 0 Å². The summed E-state index contributed by atoms with van der Waals surface area (Å²) in [6, 6.07) is 4.04. The van der Waals surface area contributed by atoms with E-state index in [1.165, 1.54) is 0 Å². The predicted molar refractivity (Wildman–Crippen MR) is 151 cm³/mol. The summed E-state index contributed by atoms with van der Waals surface area (Å²) in [7, 11) is 0. The lowest BCUT2D eigenvalue weighted by atomic mass is 9.82. The van der Waals surface area contributed by atoms with E-state index >= 15 is 0 Å². The number of rotatable bonds is 5. The number of carbonyl (C=O) groups is 4. The highest BCUT2D eigenvalue weighted by Crippen LogP contribution is 2.38. The van der Waals surface area contributed by atoms with Gasteiger partial charge in [0, 0.05) is 28.9 Å². The van der Waals surface area contributed by atoms with Crippen LogP contribution in [0.3, 0.4) is 0 Å². The average molecular weight is 545 g/mol. The number of amides is 4. The van der Waals surface area contributed by atoms with Gasteiger partial charge in [0.1, 0.15) is 17.6 Å². The van der Waals surface area contributed by atoms with E-state index in [9.17, 15) is 19.2 Å². The first kappa shape index (κ1) is 27.5. The van der Waals surface area contributed by atoms with E-state index in [2.05, 4.69) is 45.3 Å². The predicted octanol–water partition coefficient (Wildman–Crippen LogP) is 4.35. The van der Waals surface area contributed by atoms with Crippen LogP contribution in [0.2, 0.25) is 0 Å². The number of anilines is 1. The molecular formula is C30H36N6O4. The third kappa shape index (κ3) is 4.65. The molecule has 2 aliphatic rings. The summed E-state index contributed by atoms with van der Waals surface area (Å²) in [5.41, 5.74) is 4.42. The number of nitrogens with zero attached hydrogens (tertiary/aromatic N) is 4. The number of hydrogen-bond donors (Lipinski definition) is 2. The van der Waals surface area contributed by atoms with Gasteiger partial charge >= 0.3 is 0 Å². The first-order valence-corrected chi connectivity index (χ1v) is 13.6. The second-order valence-electron chi connectivity index (χ2n) is 12.8. The number of aryl methyl sites for hydroxylation is 2. The highest BCUT2D eigenvalue weighted by molar-refractivity contribution is 6.23. The zero-order valence-corrected chi connectivity index (χ0v) is 24.4. The highest BCUT2D eigenvalue weighted by atomic mass is 16.2. The lowest BCUT2D eigenvalue weighted by Crippen LogP contribution is -2.54. The van der Waals surface area contributed by atoms with Crippen molar-refractivity contribution in [1.29, 1.82) is 0 Å². The van der Waals surface area contributed by atoms with E-state index < -0.39 is 29.7 Å². The van der Waals surface area contributed by atoms with E-state index in [0.29, 0.717) is 17.0 Å². The third-order valence-electron chi connectivity index (χ3n) is 7.69. The second kappa shape index (κ2) is 9.25. The minimum Gasteiger partial charge on any atom is -0.364 e. The number of fused-ring (bicyclic) bond motifs is 2. The first-order chi connectivity index (χ1) is 18.6. The van der Waals surface area contributed by atoms with Crippen LogP contribution in [0.1, 0.15) is 91.5 Å². The number of imide groups is 2. The van der Waals surface area contributed by atoms with Gasteiger partial charge in [-0.15, -0.1) is 0 Å². The first-order valence-electron chi connectivity index (χ1n) is 13.6. The Kier molecular flexibility index (Phi) is 6.35. The van der Waals surface area contributed by atoms with E-state index in [1.54, 1.807) is 18.2 Å². The Balaban J connectivity index is 1.62. The minimum atomic E-state index is -1.02. The van der Waals surface area contributed by atoms with Crippen molar-refractivity contribution in [2.75, 3.05) is 5.32 Å². The van der Waals surface area contributed by atoms with Crippen molar-refractivity contribution in [3.8, 4) is 11.3 Å². The van der Waals surface area contributed by atoms with Gasteiger partial charge in [-0.2, -0.15) is 0 Å². The SMILES string of the molecule is Cc1nc2nc(-c3ccc4c(c3)C(=O)N(C3CCC(=O)NC3=O)C4=O)c(NC(C)(C)CC(C)(C)C)n2c(C)c1C. The normalized spacial score (nSPS) is 18.0. The zero-order valence-electron chi connectivity index (χ0n) is 24.4. The molecule has 0 aliphatic carbocycles. The molecule has 10 heteroatoms. The molecule has 2 aliphatic heterocycles. The molecule has 2 N–H and O–H groups in total. The van der Waals surface area contributed by atoms with Gasteiger partial charge in [-0.3, -0.25) is 33.8 Å². The van der Waals surface area contributed by atoms with E-state index in [0.717, 1.165) is 34.1 Å². The van der Waals surface area contributed by atoms with Crippen molar-refractivity contribution < 1.29 is 19.2 Å². The van der Waals surface area contributed by atoms with Gasteiger partial charge in [-0.05, 0) is 70.6 Å². The van der Waals surface area contributed by atoms with Crippen LogP contribution in [0, 0.1) is 26.2 Å². The minimum absolute atomic E-state index is 0.0663. The maximum atomic E-state index is 13.5. The number of piperidine rings is 1. The van der Waals surface area contributed by atoms with Gasteiger partial charge in [-0.25, -0.2) is 9.97 Å². The van der Waals surface area contributed by atoms with Crippen LogP contribution in [0.15, 0.2) is 18.2 Å². The maximum absolute atomic E-state index is 13.5. The lowest BCUT2D eigenvalue weighted by Gasteiger charge is -2.34. The number of aromatic nitrogens is 3. The molecular weight excluding hydrogens is 508 g/mol. The van der Waals surface area contributed by atoms with Gasteiger partial charge in [0.15, 0.2) is 0 Å². The monoisotopic (exact) mass is 544 g/mol. The second-order valence-corrected chi connectivity index (χ2v) is 12.8. The summed E-state index contributed by atoms with van der Waals surface area (Å²) in [6.07, 6.45) is 1.05. The van der Waals surface area contributed by atoms with Crippen molar-refractivity contribution in [3.05, 3.63) is 46.3 Å². The summed E-state index contributed by atoms with van der Waals surface area (Å²) in [6.45, 7) is 16.9. The molecule has 10 nitrogen and oxygen atoms in total. The third-order valence-corrected chi connectivity index (χ3v) is 7.69. The van der Waals surface area contributed by atoms with Gasteiger partial charge in [0.05, 0.1) is 11.1 Å². The lowest BCUT2D eigenvalue weighted by molar-refractivity contribution is -0.136. The summed E-state index contributed by atoms with van der Waals surface area (Å²) >= 11 is 0. The average Bonchev–Trinajstić information content (AvgIpc) is 3.30. The van der Waals surface area contributed by atoms with Crippen LogP contribution in [-0.2, 0) is 9.59 Å². The number of carbonyl (C=O) groups excluding carboxylic acids is 4. The van der Waals surface area contributed by atoms with E-state index in [1.807, 2.05) is 25.2 Å². The van der Waals surface area contributed by atoms with Crippen molar-refractivity contribution >= 4 is 35.2 Å². The molecule has 0 radical (unpaired) electrons. The van der Waals surface area contributed by atoms with Crippen molar-refractivity contribution in [1.82, 2.24) is 24.6 Å². The largest absolute Gasteiger partial charge is 0.364 e. The molecule has 1 unspecified atom stereocenters. The molecule has 1 aromatic carbocycles. The van der Waals surface area contributed by atoms with Crippen LogP contribution < -0.4 is 10.6 Å². The van der Waals surface area contributed by atoms with E-state index in [-0.39, 0.29) is 34.9 Å². The molecule has 4 heterocycles. The van der Waals surface area contributed by atoms with Crippen LogP contribution in [-0.4, -0.2) is 54.5 Å². The quantitative estimate of drug-likeness (QED) is 0.458. The van der Waals surface area contributed by atoms with Gasteiger partial charge < -0.3 is 5.32 Å². The van der Waals surface area contributed by atoms with Crippen LogP contribution in [0.5, 0.6) is 0 Å². The Labute approximate surface area is 233 Å². The van der Waals surface area contributed by atoms with Crippen molar-refractivity contribution in [2.24, 2.45) is 5.41 Å². The molecule has 0 bridgehead atoms.